The van der Waals surface area contributed by atoms with E-state index in [2.05, 4.69) is 11.8 Å². The summed E-state index contributed by atoms with van der Waals surface area (Å²) in [7, 11) is -3.36. The Kier molecular flexibility index (Phi) is 4.32. The highest BCUT2D eigenvalue weighted by Gasteiger charge is 2.36. The minimum absolute atomic E-state index is 0.460. The van der Waals surface area contributed by atoms with Crippen molar-refractivity contribution < 1.29 is 8.42 Å². The van der Waals surface area contributed by atoms with Crippen molar-refractivity contribution in [1.29, 1.82) is 0 Å². The van der Waals surface area contributed by atoms with E-state index >= 15 is 0 Å². The number of hydrogen-bond acceptors (Lipinski definition) is 3. The van der Waals surface area contributed by atoms with E-state index in [9.17, 15) is 8.42 Å². The summed E-state index contributed by atoms with van der Waals surface area (Å²) in [6, 6.07) is 6.17. The zero-order chi connectivity index (χ0) is 15.9. The maximum atomic E-state index is 12.8. The van der Waals surface area contributed by atoms with E-state index in [1.54, 1.807) is 10.4 Å². The van der Waals surface area contributed by atoms with Crippen molar-refractivity contribution in [2.75, 3.05) is 26.2 Å². The summed E-state index contributed by atoms with van der Waals surface area (Å²) in [5, 5.41) is 0. The first kappa shape index (κ1) is 16.0. The van der Waals surface area contributed by atoms with E-state index in [0.29, 0.717) is 24.0 Å². The molecular formula is C17H26N2O2S. The number of sulfonamides is 1. The minimum Gasteiger partial charge on any atom is -0.298 e. The molecule has 0 aromatic heterocycles. The molecule has 1 unspecified atom stereocenters. The van der Waals surface area contributed by atoms with Gasteiger partial charge >= 0.3 is 0 Å². The average molecular weight is 322 g/mol. The Morgan fingerprint density at radius 3 is 2.27 bits per heavy atom. The van der Waals surface area contributed by atoms with E-state index in [-0.39, 0.29) is 0 Å². The van der Waals surface area contributed by atoms with E-state index in [1.165, 1.54) is 12.8 Å². The van der Waals surface area contributed by atoms with Gasteiger partial charge in [-0.2, -0.15) is 4.31 Å². The fourth-order valence-corrected chi connectivity index (χ4v) is 5.08. The molecule has 22 heavy (non-hydrogen) atoms. The highest BCUT2D eigenvalue weighted by Crippen LogP contribution is 2.35. The maximum absolute atomic E-state index is 12.8. The molecule has 1 aromatic rings. The topological polar surface area (TPSA) is 40.6 Å². The van der Waals surface area contributed by atoms with Crippen LogP contribution in [0, 0.1) is 19.8 Å². The van der Waals surface area contributed by atoms with Gasteiger partial charge in [-0.25, -0.2) is 8.42 Å². The van der Waals surface area contributed by atoms with Crippen LogP contribution in [0.15, 0.2) is 23.1 Å². The van der Waals surface area contributed by atoms with Gasteiger partial charge in [0.2, 0.25) is 10.0 Å². The van der Waals surface area contributed by atoms with Crippen molar-refractivity contribution in [1.82, 2.24) is 9.21 Å². The molecule has 1 heterocycles. The molecule has 0 N–H and O–H groups in total. The monoisotopic (exact) mass is 322 g/mol. The quantitative estimate of drug-likeness (QED) is 0.855. The maximum Gasteiger partial charge on any atom is 0.243 e. The molecule has 2 fully saturated rings. The second-order valence-electron chi connectivity index (χ2n) is 6.79. The van der Waals surface area contributed by atoms with Gasteiger partial charge in [0.1, 0.15) is 0 Å². The molecular weight excluding hydrogens is 296 g/mol. The number of aryl methyl sites for hydroxylation is 2. The lowest BCUT2D eigenvalue weighted by atomic mass is 10.1. The zero-order valence-corrected chi connectivity index (χ0v) is 14.6. The van der Waals surface area contributed by atoms with Crippen molar-refractivity contribution in [3.63, 3.8) is 0 Å². The van der Waals surface area contributed by atoms with Gasteiger partial charge in [-0.1, -0.05) is 17.7 Å². The van der Waals surface area contributed by atoms with Gasteiger partial charge in [0.15, 0.2) is 0 Å². The molecule has 4 nitrogen and oxygen atoms in total. The zero-order valence-electron chi connectivity index (χ0n) is 13.7. The Balaban J connectivity index is 1.71. The highest BCUT2D eigenvalue weighted by atomic mass is 32.2. The van der Waals surface area contributed by atoms with Gasteiger partial charge < -0.3 is 0 Å². The molecule has 1 aromatic carbocycles. The first-order chi connectivity index (χ1) is 10.4. The lowest BCUT2D eigenvalue weighted by Crippen LogP contribution is -2.51. The molecule has 0 radical (unpaired) electrons. The minimum atomic E-state index is -3.36. The van der Waals surface area contributed by atoms with Crippen molar-refractivity contribution in [3.05, 3.63) is 29.3 Å². The van der Waals surface area contributed by atoms with Gasteiger partial charge in [0.25, 0.3) is 0 Å². The average Bonchev–Trinajstić information content (AvgIpc) is 3.31. The fraction of sp³-hybridized carbons (Fsp3) is 0.647. The summed E-state index contributed by atoms with van der Waals surface area (Å²) in [5.74, 6) is 0.836. The van der Waals surface area contributed by atoms with Crippen molar-refractivity contribution in [2.24, 2.45) is 5.92 Å². The Bertz CT molecular complexity index is 645. The summed E-state index contributed by atoms with van der Waals surface area (Å²) < 4.78 is 27.4. The first-order valence-electron chi connectivity index (χ1n) is 8.21. The second-order valence-corrected chi connectivity index (χ2v) is 8.69. The SMILES string of the molecule is Cc1ccc(S(=O)(=O)N2CCN(C(C)C3CC3)CC2)c(C)c1. The molecule has 3 rings (SSSR count). The number of rotatable bonds is 4. The first-order valence-corrected chi connectivity index (χ1v) is 9.65. The van der Waals surface area contributed by atoms with E-state index in [4.69, 9.17) is 0 Å². The summed E-state index contributed by atoms with van der Waals surface area (Å²) in [4.78, 5) is 2.91. The van der Waals surface area contributed by atoms with Gasteiger partial charge in [0, 0.05) is 32.2 Å². The van der Waals surface area contributed by atoms with Gasteiger partial charge in [0.05, 0.1) is 4.90 Å². The predicted molar refractivity (Wildman–Crippen MR) is 88.4 cm³/mol. The Morgan fingerprint density at radius 2 is 1.73 bits per heavy atom. The molecule has 1 saturated heterocycles. The van der Waals surface area contributed by atoms with Crippen molar-refractivity contribution >= 4 is 10.0 Å². The molecule has 0 amide bonds. The second kappa shape index (κ2) is 5.95. The van der Waals surface area contributed by atoms with Crippen LogP contribution in [0.4, 0.5) is 0 Å². The van der Waals surface area contributed by atoms with Crippen LogP contribution in [0.2, 0.25) is 0 Å². The van der Waals surface area contributed by atoms with Crippen LogP contribution < -0.4 is 0 Å². The highest BCUT2D eigenvalue weighted by molar-refractivity contribution is 7.89. The third kappa shape index (κ3) is 3.07. The van der Waals surface area contributed by atoms with Gasteiger partial charge in [-0.3, -0.25) is 4.90 Å². The van der Waals surface area contributed by atoms with E-state index in [1.807, 2.05) is 26.0 Å². The molecule has 0 spiro atoms. The van der Waals surface area contributed by atoms with Crippen LogP contribution in [-0.4, -0.2) is 49.8 Å². The van der Waals surface area contributed by atoms with Crippen molar-refractivity contribution in [2.45, 2.75) is 44.6 Å². The number of hydrogen-bond donors (Lipinski definition) is 0. The Labute approximate surface area is 134 Å². The summed E-state index contributed by atoms with van der Waals surface area (Å²) >= 11 is 0. The summed E-state index contributed by atoms with van der Waals surface area (Å²) in [5.41, 5.74) is 1.94. The number of benzene rings is 1. The Hall–Kier alpha value is -0.910. The normalized spacial score (nSPS) is 22.7. The fourth-order valence-electron chi connectivity index (χ4n) is 3.46. The van der Waals surface area contributed by atoms with Crippen LogP contribution in [0.25, 0.3) is 0 Å². The van der Waals surface area contributed by atoms with Gasteiger partial charge in [-0.05, 0) is 51.2 Å². The molecule has 0 bridgehead atoms. The molecule has 1 saturated carbocycles. The van der Waals surface area contributed by atoms with Crippen LogP contribution >= 0.6 is 0 Å². The Morgan fingerprint density at radius 1 is 1.09 bits per heavy atom. The van der Waals surface area contributed by atoms with Gasteiger partial charge in [-0.15, -0.1) is 0 Å². The van der Waals surface area contributed by atoms with Crippen molar-refractivity contribution in [3.8, 4) is 0 Å². The smallest absolute Gasteiger partial charge is 0.243 e. The standard InChI is InChI=1S/C17H26N2O2S/c1-13-4-7-17(14(2)12-13)22(20,21)19-10-8-18(9-11-19)15(3)16-5-6-16/h4,7,12,15-16H,5-6,8-11H2,1-3H3. The number of nitrogens with zero attached hydrogens (tertiary/aromatic N) is 2. The third-order valence-corrected chi connectivity index (χ3v) is 7.16. The molecule has 1 atom stereocenters. The molecule has 1 aliphatic carbocycles. The lowest BCUT2D eigenvalue weighted by molar-refractivity contribution is 0.133. The third-order valence-electron chi connectivity index (χ3n) is 5.10. The predicted octanol–water partition coefficient (Wildman–Crippen LogP) is 2.41. The van der Waals surface area contributed by atoms with Crippen LogP contribution in [0.5, 0.6) is 0 Å². The molecule has 5 heteroatoms. The molecule has 122 valence electrons. The van der Waals surface area contributed by atoms with Crippen LogP contribution in [0.3, 0.4) is 0 Å². The van der Waals surface area contributed by atoms with E-state index in [0.717, 1.165) is 30.1 Å². The molecule has 2 aliphatic rings. The van der Waals surface area contributed by atoms with E-state index < -0.39 is 10.0 Å². The summed E-state index contributed by atoms with van der Waals surface area (Å²) in [6.07, 6.45) is 2.67. The largest absolute Gasteiger partial charge is 0.298 e. The van der Waals surface area contributed by atoms with Crippen LogP contribution in [0.1, 0.15) is 30.9 Å². The lowest BCUT2D eigenvalue weighted by Gasteiger charge is -2.37. The number of piperazine rings is 1. The van der Waals surface area contributed by atoms with Crippen LogP contribution in [-0.2, 0) is 10.0 Å². The molecule has 1 aliphatic heterocycles. The summed E-state index contributed by atoms with van der Waals surface area (Å²) in [6.45, 7) is 9.06.